The number of unbranched alkanes of at least 4 members (excludes halogenated alkanes) is 1. The monoisotopic (exact) mass is 187 g/mol. The molecular weight excluding hydrogens is 174 g/mol. The zero-order valence-electron chi connectivity index (χ0n) is 7.35. The standard InChI is InChI=1S/C9H14ClNO/c1-4-5-6-7-11(3)9(12)8(2)10/h4H,1-2,5-7H2,3H3. The maximum atomic E-state index is 11.1. The van der Waals surface area contributed by atoms with Crippen molar-refractivity contribution in [1.82, 2.24) is 4.90 Å². The molecule has 0 aromatic rings. The Morgan fingerprint density at radius 1 is 1.67 bits per heavy atom. The highest BCUT2D eigenvalue weighted by Crippen LogP contribution is 2.03. The number of carbonyl (C=O) groups is 1. The van der Waals surface area contributed by atoms with Gasteiger partial charge < -0.3 is 4.90 Å². The van der Waals surface area contributed by atoms with Gasteiger partial charge in [0.15, 0.2) is 0 Å². The van der Waals surface area contributed by atoms with Gasteiger partial charge in [-0.3, -0.25) is 4.79 Å². The Morgan fingerprint density at radius 3 is 2.67 bits per heavy atom. The third-order valence-electron chi connectivity index (χ3n) is 1.48. The van der Waals surface area contributed by atoms with Gasteiger partial charge in [-0.15, -0.1) is 6.58 Å². The van der Waals surface area contributed by atoms with E-state index in [2.05, 4.69) is 13.2 Å². The summed E-state index contributed by atoms with van der Waals surface area (Å²) in [5.74, 6) is -0.208. The number of hydrogen-bond donors (Lipinski definition) is 0. The molecule has 0 aliphatic rings. The fourth-order valence-corrected chi connectivity index (χ4v) is 0.926. The van der Waals surface area contributed by atoms with Crippen molar-refractivity contribution in [1.29, 1.82) is 0 Å². The van der Waals surface area contributed by atoms with Gasteiger partial charge in [0.1, 0.15) is 0 Å². The summed E-state index contributed by atoms with van der Waals surface area (Å²) in [5.41, 5.74) is 0. The molecule has 12 heavy (non-hydrogen) atoms. The number of nitrogens with zero attached hydrogens (tertiary/aromatic N) is 1. The molecule has 0 radical (unpaired) electrons. The summed E-state index contributed by atoms with van der Waals surface area (Å²) in [6, 6.07) is 0. The second kappa shape index (κ2) is 5.84. The lowest BCUT2D eigenvalue weighted by molar-refractivity contribution is -0.125. The van der Waals surface area contributed by atoms with E-state index < -0.39 is 0 Å². The normalized spacial score (nSPS) is 9.17. The Balaban J connectivity index is 3.71. The SMILES string of the molecule is C=CCCCN(C)C(=O)C(=C)Cl. The molecule has 68 valence electrons. The molecule has 0 aromatic carbocycles. The van der Waals surface area contributed by atoms with Gasteiger partial charge in [-0.25, -0.2) is 0 Å². The fraction of sp³-hybridized carbons (Fsp3) is 0.444. The fourth-order valence-electron chi connectivity index (χ4n) is 0.781. The van der Waals surface area contributed by atoms with E-state index in [1.165, 1.54) is 0 Å². The average molecular weight is 188 g/mol. The predicted molar refractivity (Wildman–Crippen MR) is 52.1 cm³/mol. The lowest BCUT2D eigenvalue weighted by Gasteiger charge is -2.15. The third kappa shape index (κ3) is 4.19. The van der Waals surface area contributed by atoms with Crippen molar-refractivity contribution in [2.24, 2.45) is 0 Å². The van der Waals surface area contributed by atoms with Crippen LogP contribution in [0.15, 0.2) is 24.3 Å². The van der Waals surface area contributed by atoms with Crippen LogP contribution in [0.3, 0.4) is 0 Å². The number of carbonyl (C=O) groups excluding carboxylic acids is 1. The summed E-state index contributed by atoms with van der Waals surface area (Å²) in [5, 5.41) is 0.0658. The van der Waals surface area contributed by atoms with Crippen molar-refractivity contribution in [3.8, 4) is 0 Å². The quantitative estimate of drug-likeness (QED) is 0.367. The molecule has 0 N–H and O–H groups in total. The zero-order valence-corrected chi connectivity index (χ0v) is 8.10. The van der Waals surface area contributed by atoms with Gasteiger partial charge in [-0.1, -0.05) is 24.3 Å². The molecule has 0 unspecified atom stereocenters. The Labute approximate surface area is 78.5 Å². The van der Waals surface area contributed by atoms with Gasteiger partial charge in [0.05, 0.1) is 5.03 Å². The number of halogens is 1. The smallest absolute Gasteiger partial charge is 0.264 e. The lowest BCUT2D eigenvalue weighted by atomic mass is 10.3. The van der Waals surface area contributed by atoms with Gasteiger partial charge in [0.25, 0.3) is 5.91 Å². The van der Waals surface area contributed by atoms with Crippen molar-refractivity contribution in [3.63, 3.8) is 0 Å². The Kier molecular flexibility index (Phi) is 5.47. The first-order valence-corrected chi connectivity index (χ1v) is 4.18. The average Bonchev–Trinajstić information content (AvgIpc) is 2.03. The molecule has 0 aliphatic carbocycles. The second-order valence-electron chi connectivity index (χ2n) is 2.56. The maximum Gasteiger partial charge on any atom is 0.264 e. The van der Waals surface area contributed by atoms with Gasteiger partial charge in [-0.2, -0.15) is 0 Å². The van der Waals surface area contributed by atoms with E-state index in [0.717, 1.165) is 12.8 Å². The minimum atomic E-state index is -0.208. The topological polar surface area (TPSA) is 20.3 Å². The molecule has 2 nitrogen and oxygen atoms in total. The van der Waals surface area contributed by atoms with Crippen LogP contribution in [0.25, 0.3) is 0 Å². The van der Waals surface area contributed by atoms with E-state index in [9.17, 15) is 4.79 Å². The molecule has 3 heteroatoms. The van der Waals surface area contributed by atoms with Gasteiger partial charge in [0, 0.05) is 13.6 Å². The summed E-state index contributed by atoms with van der Waals surface area (Å²) >= 11 is 5.43. The minimum Gasteiger partial charge on any atom is -0.341 e. The number of allylic oxidation sites excluding steroid dienone is 1. The van der Waals surface area contributed by atoms with Crippen LogP contribution in [0.4, 0.5) is 0 Å². The highest BCUT2D eigenvalue weighted by atomic mass is 35.5. The first kappa shape index (κ1) is 11.2. The minimum absolute atomic E-state index is 0.0658. The number of rotatable bonds is 5. The van der Waals surface area contributed by atoms with Crippen molar-refractivity contribution in [2.75, 3.05) is 13.6 Å². The molecule has 0 aromatic heterocycles. The number of amides is 1. The first-order chi connectivity index (χ1) is 5.59. The Morgan fingerprint density at radius 2 is 2.25 bits per heavy atom. The van der Waals surface area contributed by atoms with Crippen molar-refractivity contribution in [3.05, 3.63) is 24.3 Å². The molecule has 0 saturated carbocycles. The highest BCUT2D eigenvalue weighted by Gasteiger charge is 2.08. The summed E-state index contributed by atoms with van der Waals surface area (Å²) in [7, 11) is 1.71. The summed E-state index contributed by atoms with van der Waals surface area (Å²) < 4.78 is 0. The van der Waals surface area contributed by atoms with Crippen molar-refractivity contribution in [2.45, 2.75) is 12.8 Å². The van der Waals surface area contributed by atoms with Crippen LogP contribution in [0.1, 0.15) is 12.8 Å². The predicted octanol–water partition coefficient (Wildman–Crippen LogP) is 2.16. The summed E-state index contributed by atoms with van der Waals surface area (Å²) in [6.07, 6.45) is 3.65. The van der Waals surface area contributed by atoms with Crippen LogP contribution < -0.4 is 0 Å². The van der Waals surface area contributed by atoms with E-state index in [4.69, 9.17) is 11.6 Å². The highest BCUT2D eigenvalue weighted by molar-refractivity contribution is 6.41. The van der Waals surface area contributed by atoms with Crippen LogP contribution >= 0.6 is 11.6 Å². The largest absolute Gasteiger partial charge is 0.341 e. The molecule has 0 bridgehead atoms. The molecular formula is C9H14ClNO. The third-order valence-corrected chi connectivity index (χ3v) is 1.64. The van der Waals surface area contributed by atoms with Gasteiger partial charge in [0.2, 0.25) is 0 Å². The molecule has 0 rings (SSSR count). The summed E-state index contributed by atoms with van der Waals surface area (Å²) in [6.45, 7) is 7.64. The van der Waals surface area contributed by atoms with Crippen LogP contribution in [-0.2, 0) is 4.79 Å². The number of hydrogen-bond acceptors (Lipinski definition) is 1. The first-order valence-electron chi connectivity index (χ1n) is 3.80. The Hall–Kier alpha value is -0.760. The van der Waals surface area contributed by atoms with Gasteiger partial charge in [-0.05, 0) is 12.8 Å². The summed E-state index contributed by atoms with van der Waals surface area (Å²) in [4.78, 5) is 12.7. The Bertz CT molecular complexity index is 189. The van der Waals surface area contributed by atoms with Crippen molar-refractivity contribution >= 4 is 17.5 Å². The van der Waals surface area contributed by atoms with Crippen LogP contribution in [0, 0.1) is 0 Å². The molecule has 1 amide bonds. The van der Waals surface area contributed by atoms with E-state index >= 15 is 0 Å². The van der Waals surface area contributed by atoms with Crippen LogP contribution in [0.2, 0.25) is 0 Å². The molecule has 0 atom stereocenters. The van der Waals surface area contributed by atoms with Crippen LogP contribution in [-0.4, -0.2) is 24.4 Å². The van der Waals surface area contributed by atoms with Crippen molar-refractivity contribution < 1.29 is 4.79 Å². The van der Waals surface area contributed by atoms with E-state index in [-0.39, 0.29) is 10.9 Å². The molecule has 0 aliphatic heterocycles. The lowest BCUT2D eigenvalue weighted by Crippen LogP contribution is -2.27. The molecule has 0 fully saturated rings. The molecule has 0 spiro atoms. The van der Waals surface area contributed by atoms with E-state index in [0.29, 0.717) is 6.54 Å². The maximum absolute atomic E-state index is 11.1. The van der Waals surface area contributed by atoms with E-state index in [1.54, 1.807) is 11.9 Å². The molecule has 0 heterocycles. The molecule has 0 saturated heterocycles. The van der Waals surface area contributed by atoms with E-state index in [1.807, 2.05) is 6.08 Å². The number of likely N-dealkylation sites (N-methyl/N-ethyl adjacent to an activating group) is 1. The van der Waals surface area contributed by atoms with Crippen LogP contribution in [0.5, 0.6) is 0 Å². The second-order valence-corrected chi connectivity index (χ2v) is 3.02. The zero-order chi connectivity index (χ0) is 9.56. The van der Waals surface area contributed by atoms with Gasteiger partial charge >= 0.3 is 0 Å².